The van der Waals surface area contributed by atoms with Gasteiger partial charge < -0.3 is 35.1 Å². The van der Waals surface area contributed by atoms with Gasteiger partial charge in [-0.2, -0.15) is 0 Å². The maximum atomic E-state index is 14.3. The number of amides is 2. The van der Waals surface area contributed by atoms with Crippen molar-refractivity contribution in [3.63, 3.8) is 0 Å². The van der Waals surface area contributed by atoms with E-state index in [9.17, 15) is 24.6 Å². The highest BCUT2D eigenvalue weighted by atomic mass is 16.5. The van der Waals surface area contributed by atoms with Crippen molar-refractivity contribution in [1.29, 1.82) is 0 Å². The number of hydrogen-bond donors (Lipinski definition) is 4. The summed E-state index contributed by atoms with van der Waals surface area (Å²) in [5.41, 5.74) is 8.06. The highest BCUT2D eigenvalue weighted by Gasteiger charge is 2.27. The number of aromatic amines is 1. The molecular formula is C46H52N4O6. The average Bonchev–Trinajstić information content (AvgIpc) is 3.18. The Kier molecular flexibility index (Phi) is 12.3. The van der Waals surface area contributed by atoms with E-state index in [1.807, 2.05) is 101 Å². The number of aryl methyl sites for hydroxylation is 2. The molecule has 4 aromatic carbocycles. The van der Waals surface area contributed by atoms with Crippen LogP contribution in [0.25, 0.3) is 11.1 Å². The third-order valence-electron chi connectivity index (χ3n) is 10.8. The van der Waals surface area contributed by atoms with Crippen molar-refractivity contribution >= 4 is 23.2 Å². The Morgan fingerprint density at radius 2 is 1.57 bits per heavy atom. The Morgan fingerprint density at radius 1 is 0.875 bits per heavy atom. The smallest absolute Gasteiger partial charge is 0.262 e. The lowest BCUT2D eigenvalue weighted by molar-refractivity contribution is 0.0845. The van der Waals surface area contributed by atoms with Gasteiger partial charge in [0.15, 0.2) is 0 Å². The van der Waals surface area contributed by atoms with Gasteiger partial charge in [0.2, 0.25) is 0 Å². The third-order valence-corrected chi connectivity index (χ3v) is 10.8. The monoisotopic (exact) mass is 756 g/mol. The third kappa shape index (κ3) is 8.66. The summed E-state index contributed by atoms with van der Waals surface area (Å²) >= 11 is 0. The number of anilines is 2. The summed E-state index contributed by atoms with van der Waals surface area (Å²) in [4.78, 5) is 47.9. The Hall–Kier alpha value is -5.87. The standard InChI is InChI=1S/C46H52N4O6/c1-7-49(36-17-19-56-20-18-36)41-23-34(22-38(31(41)6)44(53)47-26-40-29(4)21-30(5)48-45(40)54)33-13-15-35(16-14-33)50(27-32-11-9-8-10-12-32)46(55)39-24-37(28(2)3)42(51)25-43(39)52/h8-16,21-25,28,36,51-52H,7,17-20,26-27H2,1-6H3,(H,47,53)(H,48,54). The number of phenols is 2. The van der Waals surface area contributed by atoms with Crippen LogP contribution in [0.3, 0.4) is 0 Å². The number of rotatable bonds is 12. The molecule has 0 aliphatic carbocycles. The SMILES string of the molecule is CCN(c1cc(-c2ccc(N(Cc3ccccc3)C(=O)c3cc(C(C)C)c(O)cc3O)cc2)cc(C(=O)NCc2c(C)cc(C)[nH]c2=O)c1C)C1CCOCC1. The first-order valence-electron chi connectivity index (χ1n) is 19.3. The highest BCUT2D eigenvalue weighted by molar-refractivity contribution is 6.08. The predicted molar refractivity (Wildman–Crippen MR) is 222 cm³/mol. The lowest BCUT2D eigenvalue weighted by Crippen LogP contribution is -2.40. The fourth-order valence-electron chi connectivity index (χ4n) is 7.64. The molecule has 1 saturated heterocycles. The molecule has 2 amide bonds. The lowest BCUT2D eigenvalue weighted by atomic mass is 9.95. The molecule has 1 aliphatic rings. The number of carbonyl (C=O) groups excluding carboxylic acids is 2. The second-order valence-corrected chi connectivity index (χ2v) is 14.9. The van der Waals surface area contributed by atoms with E-state index >= 15 is 0 Å². The molecule has 0 spiro atoms. The maximum absolute atomic E-state index is 14.3. The van der Waals surface area contributed by atoms with Crippen molar-refractivity contribution in [1.82, 2.24) is 10.3 Å². The van der Waals surface area contributed by atoms with Gasteiger partial charge in [-0.25, -0.2) is 0 Å². The molecule has 1 aromatic heterocycles. The number of H-pyrrole nitrogens is 1. The van der Waals surface area contributed by atoms with Crippen LogP contribution in [0.1, 0.15) is 93.8 Å². The van der Waals surface area contributed by atoms with Crippen LogP contribution < -0.4 is 20.7 Å². The van der Waals surface area contributed by atoms with Crippen molar-refractivity contribution in [3.05, 3.63) is 140 Å². The van der Waals surface area contributed by atoms with E-state index in [4.69, 9.17) is 4.74 Å². The predicted octanol–water partition coefficient (Wildman–Crippen LogP) is 8.28. The molecule has 0 atom stereocenters. The molecule has 2 heterocycles. The molecule has 0 radical (unpaired) electrons. The topological polar surface area (TPSA) is 135 Å². The Labute approximate surface area is 328 Å². The molecule has 10 nitrogen and oxygen atoms in total. The number of hydrogen-bond acceptors (Lipinski definition) is 7. The largest absolute Gasteiger partial charge is 0.508 e. The van der Waals surface area contributed by atoms with Gasteiger partial charge in [-0.15, -0.1) is 0 Å². The summed E-state index contributed by atoms with van der Waals surface area (Å²) < 4.78 is 5.69. The van der Waals surface area contributed by atoms with Gasteiger partial charge in [0, 0.05) is 66.6 Å². The molecule has 0 unspecified atom stereocenters. The minimum atomic E-state index is -0.407. The van der Waals surface area contributed by atoms with Crippen LogP contribution in [0.2, 0.25) is 0 Å². The highest BCUT2D eigenvalue weighted by Crippen LogP contribution is 2.37. The summed E-state index contributed by atoms with van der Waals surface area (Å²) in [6, 6.07) is 26.2. The maximum Gasteiger partial charge on any atom is 0.262 e. The first-order valence-corrected chi connectivity index (χ1v) is 19.3. The second kappa shape index (κ2) is 17.3. The molecule has 4 N–H and O–H groups in total. The van der Waals surface area contributed by atoms with Gasteiger partial charge in [-0.3, -0.25) is 14.4 Å². The molecule has 5 aromatic rings. The van der Waals surface area contributed by atoms with E-state index in [1.54, 1.807) is 11.0 Å². The first kappa shape index (κ1) is 39.8. The summed E-state index contributed by atoms with van der Waals surface area (Å²) in [5.74, 6) is -1.11. The Balaban J connectivity index is 1.39. The number of phenolic OH excluding ortho intramolecular Hbond substituents is 2. The quantitative estimate of drug-likeness (QED) is 0.101. The molecule has 1 fully saturated rings. The van der Waals surface area contributed by atoms with Gasteiger partial charge in [-0.05, 0) is 116 Å². The number of nitrogens with one attached hydrogen (secondary N) is 2. The summed E-state index contributed by atoms with van der Waals surface area (Å²) in [5, 5.41) is 24.4. The second-order valence-electron chi connectivity index (χ2n) is 14.9. The van der Waals surface area contributed by atoms with Crippen LogP contribution in [0.5, 0.6) is 11.5 Å². The molecule has 0 bridgehead atoms. The number of aromatic hydroxyl groups is 2. The van der Waals surface area contributed by atoms with Gasteiger partial charge in [0.05, 0.1) is 12.1 Å². The zero-order chi connectivity index (χ0) is 40.1. The minimum absolute atomic E-state index is 0.0593. The number of ether oxygens (including phenoxy) is 1. The molecular weight excluding hydrogens is 705 g/mol. The van der Waals surface area contributed by atoms with Crippen molar-refractivity contribution in [2.45, 2.75) is 79.4 Å². The van der Waals surface area contributed by atoms with Crippen molar-refractivity contribution in [2.24, 2.45) is 0 Å². The summed E-state index contributed by atoms with van der Waals surface area (Å²) in [7, 11) is 0. The zero-order valence-corrected chi connectivity index (χ0v) is 33.1. The van der Waals surface area contributed by atoms with Crippen LogP contribution in [0, 0.1) is 20.8 Å². The minimum Gasteiger partial charge on any atom is -0.508 e. The zero-order valence-electron chi connectivity index (χ0n) is 33.1. The number of nitrogens with zero attached hydrogens (tertiary/aromatic N) is 2. The van der Waals surface area contributed by atoms with Crippen molar-refractivity contribution in [2.75, 3.05) is 29.6 Å². The normalized spacial score (nSPS) is 13.1. The Morgan fingerprint density at radius 3 is 2.21 bits per heavy atom. The van der Waals surface area contributed by atoms with E-state index in [1.165, 1.54) is 6.07 Å². The molecule has 0 saturated carbocycles. The van der Waals surface area contributed by atoms with Crippen LogP contribution in [0.15, 0.2) is 89.7 Å². The van der Waals surface area contributed by atoms with Gasteiger partial charge in [0.1, 0.15) is 11.5 Å². The number of carbonyl (C=O) groups is 2. The summed E-state index contributed by atoms with van der Waals surface area (Å²) in [6.07, 6.45) is 1.76. The average molecular weight is 757 g/mol. The van der Waals surface area contributed by atoms with Crippen LogP contribution in [-0.2, 0) is 17.8 Å². The lowest BCUT2D eigenvalue weighted by Gasteiger charge is -2.37. The van der Waals surface area contributed by atoms with E-state index < -0.39 is 5.91 Å². The number of aromatic nitrogens is 1. The first-order chi connectivity index (χ1) is 26.9. The van der Waals surface area contributed by atoms with Crippen LogP contribution in [-0.4, -0.2) is 52.8 Å². The number of pyridine rings is 1. The summed E-state index contributed by atoms with van der Waals surface area (Å²) in [6.45, 7) is 14.1. The van der Waals surface area contributed by atoms with E-state index in [2.05, 4.69) is 28.2 Å². The molecule has 1 aliphatic heterocycles. The van der Waals surface area contributed by atoms with E-state index in [-0.39, 0.29) is 53.6 Å². The fraction of sp³-hybridized carbons (Fsp3) is 0.326. The van der Waals surface area contributed by atoms with E-state index in [0.717, 1.165) is 58.6 Å². The van der Waals surface area contributed by atoms with E-state index in [0.29, 0.717) is 35.6 Å². The molecule has 292 valence electrons. The van der Waals surface area contributed by atoms with Crippen LogP contribution >= 0.6 is 0 Å². The fourth-order valence-corrected chi connectivity index (χ4v) is 7.64. The molecule has 6 rings (SSSR count). The van der Waals surface area contributed by atoms with Crippen molar-refractivity contribution in [3.8, 4) is 22.6 Å². The Bertz CT molecular complexity index is 2260. The number of benzene rings is 4. The molecule has 10 heteroatoms. The van der Waals surface area contributed by atoms with Gasteiger partial charge >= 0.3 is 0 Å². The van der Waals surface area contributed by atoms with Gasteiger partial charge in [-0.1, -0.05) is 56.3 Å². The van der Waals surface area contributed by atoms with Crippen LogP contribution in [0.4, 0.5) is 11.4 Å². The van der Waals surface area contributed by atoms with Gasteiger partial charge in [0.25, 0.3) is 17.4 Å². The van der Waals surface area contributed by atoms with Crippen molar-refractivity contribution < 1.29 is 24.5 Å². The molecule has 56 heavy (non-hydrogen) atoms.